The maximum absolute atomic E-state index is 13.1. The van der Waals surface area contributed by atoms with E-state index in [-0.39, 0.29) is 23.2 Å². The molecule has 1 aromatic heterocycles. The molecule has 0 aliphatic rings. The van der Waals surface area contributed by atoms with Crippen LogP contribution in [0.1, 0.15) is 56.3 Å². The van der Waals surface area contributed by atoms with E-state index in [9.17, 15) is 23.1 Å². The first-order valence-electron chi connectivity index (χ1n) is 14.1. The molecule has 1 atom stereocenters. The van der Waals surface area contributed by atoms with Crippen LogP contribution in [0.4, 0.5) is 5.69 Å². The van der Waals surface area contributed by atoms with Crippen molar-refractivity contribution >= 4 is 38.6 Å². The molecule has 0 aliphatic carbocycles. The molecule has 234 valence electrons. The smallest absolute Gasteiger partial charge is 0.324 e. The van der Waals surface area contributed by atoms with Crippen LogP contribution < -0.4 is 14.8 Å². The first kappa shape index (κ1) is 32.7. The number of methoxy groups -OCH3 is 1. The highest BCUT2D eigenvalue weighted by atomic mass is 32.2. The molecule has 4 aromatic rings. The largest absolute Gasteiger partial charge is 0.496 e. The lowest BCUT2D eigenvalue weighted by Crippen LogP contribution is -2.47. The fourth-order valence-electron chi connectivity index (χ4n) is 4.74. The van der Waals surface area contributed by atoms with E-state index >= 15 is 0 Å². The molecule has 0 spiro atoms. The summed E-state index contributed by atoms with van der Waals surface area (Å²) in [5.41, 5.74) is 3.00. The van der Waals surface area contributed by atoms with Gasteiger partial charge in [-0.3, -0.25) is 9.59 Å². The summed E-state index contributed by atoms with van der Waals surface area (Å²) in [5.74, 6) is -0.796. The first-order valence-corrected chi connectivity index (χ1v) is 15.6. The van der Waals surface area contributed by atoms with Gasteiger partial charge in [-0.2, -0.15) is 4.72 Å². The number of carbonyl (C=O) groups is 2. The van der Waals surface area contributed by atoms with Crippen molar-refractivity contribution in [3.63, 3.8) is 0 Å². The highest BCUT2D eigenvalue weighted by molar-refractivity contribution is 7.89. The number of ether oxygens (including phenoxy) is 2. The van der Waals surface area contributed by atoms with Crippen LogP contribution in [0, 0.1) is 12.8 Å². The zero-order chi connectivity index (χ0) is 32.4. The Morgan fingerprint density at radius 1 is 0.955 bits per heavy atom. The molecule has 0 fully saturated rings. The number of carbonyl (C=O) groups excluding carboxylic acids is 2. The third-order valence-corrected chi connectivity index (χ3v) is 8.42. The number of amides is 1. The molecule has 0 unspecified atom stereocenters. The average Bonchev–Trinajstić information content (AvgIpc) is 3.31. The van der Waals surface area contributed by atoms with Gasteiger partial charge in [0.1, 0.15) is 23.0 Å². The number of nitrogens with one attached hydrogen (secondary N) is 2. The lowest BCUT2D eigenvalue weighted by molar-refractivity contribution is -0.158. The van der Waals surface area contributed by atoms with Gasteiger partial charge in [-0.1, -0.05) is 38.1 Å². The third-order valence-electron chi connectivity index (χ3n) is 6.96. The minimum absolute atomic E-state index is 0.0169. The van der Waals surface area contributed by atoms with Gasteiger partial charge < -0.3 is 24.3 Å². The monoisotopic (exact) mass is 622 g/mol. The summed E-state index contributed by atoms with van der Waals surface area (Å²) in [4.78, 5) is 25.7. The number of benzene rings is 3. The van der Waals surface area contributed by atoms with Crippen LogP contribution in [-0.2, 0) is 26.2 Å². The van der Waals surface area contributed by atoms with Gasteiger partial charge in [0.15, 0.2) is 5.76 Å². The summed E-state index contributed by atoms with van der Waals surface area (Å²) in [5, 5.41) is 13.1. The molecule has 0 bridgehead atoms. The second kappa shape index (κ2) is 12.8. The molecule has 0 saturated heterocycles. The Labute approximate surface area is 257 Å². The van der Waals surface area contributed by atoms with Crippen molar-refractivity contribution in [2.45, 2.75) is 64.7 Å². The van der Waals surface area contributed by atoms with Crippen LogP contribution in [0.2, 0.25) is 0 Å². The number of fused-ring (bicyclic) bond motifs is 1. The third kappa shape index (κ3) is 7.12. The zero-order valence-electron chi connectivity index (χ0n) is 25.8. The van der Waals surface area contributed by atoms with Gasteiger partial charge in [0, 0.05) is 16.8 Å². The molecule has 0 saturated carbocycles. The van der Waals surface area contributed by atoms with Crippen molar-refractivity contribution < 1.29 is 37.0 Å². The Morgan fingerprint density at radius 3 is 2.07 bits per heavy atom. The summed E-state index contributed by atoms with van der Waals surface area (Å²) >= 11 is 0. The number of aryl methyl sites for hydroxylation is 1. The predicted molar refractivity (Wildman–Crippen MR) is 168 cm³/mol. The molecule has 1 heterocycles. The minimum atomic E-state index is -4.00. The summed E-state index contributed by atoms with van der Waals surface area (Å²) in [6, 6.07) is 15.7. The van der Waals surface area contributed by atoms with Crippen molar-refractivity contribution in [3.8, 4) is 16.9 Å². The number of sulfonamides is 1. The molecule has 3 N–H and O–H groups in total. The van der Waals surface area contributed by atoms with Gasteiger partial charge in [0.05, 0.1) is 24.0 Å². The van der Waals surface area contributed by atoms with Crippen LogP contribution in [0.25, 0.3) is 22.1 Å². The number of rotatable bonds is 10. The fourth-order valence-corrected chi connectivity index (χ4v) is 6.07. The number of anilines is 1. The van der Waals surface area contributed by atoms with Gasteiger partial charge in [0.25, 0.3) is 5.91 Å². The molecule has 3 aromatic carbocycles. The number of hydrogen-bond acceptors (Lipinski definition) is 8. The van der Waals surface area contributed by atoms with E-state index in [1.165, 1.54) is 19.2 Å². The van der Waals surface area contributed by atoms with Crippen molar-refractivity contribution in [1.29, 1.82) is 0 Å². The SMILES string of the molecule is COc1c(CO)ccc2oc(C(=O)Nc3ccc(-c4ccc(S(=O)(=O)N[C@H](C(=O)OC(C)(C)C)C(C)C)cc4)cc3)c(C)c12. The summed E-state index contributed by atoms with van der Waals surface area (Å²) in [6.07, 6.45) is 0. The average molecular weight is 623 g/mol. The Hall–Kier alpha value is -4.19. The molecule has 4 rings (SSSR count). The van der Waals surface area contributed by atoms with Crippen molar-refractivity contribution in [3.05, 3.63) is 77.6 Å². The highest BCUT2D eigenvalue weighted by Crippen LogP contribution is 2.36. The van der Waals surface area contributed by atoms with Gasteiger partial charge in [-0.05, 0) is 81.1 Å². The van der Waals surface area contributed by atoms with E-state index in [2.05, 4.69) is 10.0 Å². The maximum atomic E-state index is 13.1. The fraction of sp³-hybridized carbons (Fsp3) is 0.333. The van der Waals surface area contributed by atoms with E-state index in [1.807, 2.05) is 0 Å². The molecule has 0 radical (unpaired) electrons. The van der Waals surface area contributed by atoms with Crippen molar-refractivity contribution in [2.24, 2.45) is 5.92 Å². The topological polar surface area (TPSA) is 144 Å². The lowest BCUT2D eigenvalue weighted by atomic mass is 10.1. The molecule has 44 heavy (non-hydrogen) atoms. The summed E-state index contributed by atoms with van der Waals surface area (Å²) in [6.45, 7) is 10.2. The zero-order valence-corrected chi connectivity index (χ0v) is 26.7. The van der Waals surface area contributed by atoms with E-state index in [0.29, 0.717) is 33.5 Å². The van der Waals surface area contributed by atoms with E-state index < -0.39 is 33.5 Å². The van der Waals surface area contributed by atoms with Crippen molar-refractivity contribution in [1.82, 2.24) is 4.72 Å². The van der Waals surface area contributed by atoms with Gasteiger partial charge in [-0.15, -0.1) is 0 Å². The Kier molecular flexibility index (Phi) is 9.53. The Bertz CT molecular complexity index is 1770. The number of aliphatic hydroxyl groups excluding tert-OH is 1. The predicted octanol–water partition coefficient (Wildman–Crippen LogP) is 5.81. The standard InChI is InChI=1S/C33H38N2O8S/c1-19(2)28(32(38)43-33(4,5)6)35-44(39,40)25-15-10-22(11-16-25)21-8-13-24(14-9-21)34-31(37)29-20(3)27-26(42-29)17-12-23(18-36)30(27)41-7/h8-17,19,28,35-36H,18H2,1-7H3,(H,34,37)/t28-/m0/s1. The molecular formula is C33H38N2O8S. The molecular weight excluding hydrogens is 584 g/mol. The lowest BCUT2D eigenvalue weighted by Gasteiger charge is -2.26. The quantitative estimate of drug-likeness (QED) is 0.188. The van der Waals surface area contributed by atoms with E-state index in [1.54, 1.807) is 90.1 Å². The van der Waals surface area contributed by atoms with Gasteiger partial charge in [0.2, 0.25) is 10.0 Å². The summed E-state index contributed by atoms with van der Waals surface area (Å²) in [7, 11) is -2.50. The van der Waals surface area contributed by atoms with Crippen LogP contribution >= 0.6 is 0 Å². The van der Waals surface area contributed by atoms with Crippen molar-refractivity contribution in [2.75, 3.05) is 12.4 Å². The minimum Gasteiger partial charge on any atom is -0.496 e. The highest BCUT2D eigenvalue weighted by Gasteiger charge is 2.32. The second-order valence-electron chi connectivity index (χ2n) is 11.8. The van der Waals surface area contributed by atoms with Crippen LogP contribution in [-0.4, -0.2) is 44.2 Å². The number of aliphatic hydroxyl groups is 1. The van der Waals surface area contributed by atoms with Gasteiger partial charge >= 0.3 is 5.97 Å². The summed E-state index contributed by atoms with van der Waals surface area (Å²) < 4.78 is 45.4. The molecule has 1 amide bonds. The van der Waals surface area contributed by atoms with E-state index in [4.69, 9.17) is 13.9 Å². The normalized spacial score (nSPS) is 12.8. The molecule has 11 heteroatoms. The van der Waals surface area contributed by atoms with Crippen LogP contribution in [0.15, 0.2) is 70.0 Å². The Balaban J connectivity index is 1.48. The second-order valence-corrected chi connectivity index (χ2v) is 13.5. The van der Waals surface area contributed by atoms with Gasteiger partial charge in [-0.25, -0.2) is 8.42 Å². The van der Waals surface area contributed by atoms with E-state index in [0.717, 1.165) is 11.1 Å². The number of hydrogen-bond donors (Lipinski definition) is 3. The Morgan fingerprint density at radius 2 is 1.55 bits per heavy atom. The number of furan rings is 1. The molecule has 0 aliphatic heterocycles. The number of esters is 1. The maximum Gasteiger partial charge on any atom is 0.324 e. The van der Waals surface area contributed by atoms with Crippen LogP contribution in [0.3, 0.4) is 0 Å². The van der Waals surface area contributed by atoms with Crippen LogP contribution in [0.5, 0.6) is 5.75 Å². The molecule has 10 nitrogen and oxygen atoms in total. The first-order chi connectivity index (χ1) is 20.6.